The van der Waals surface area contributed by atoms with Gasteiger partial charge in [-0.3, -0.25) is 4.68 Å². The van der Waals surface area contributed by atoms with E-state index in [0.717, 1.165) is 12.2 Å². The van der Waals surface area contributed by atoms with E-state index in [1.54, 1.807) is 7.05 Å². The summed E-state index contributed by atoms with van der Waals surface area (Å²) < 4.78 is 1.91. The molecule has 1 heterocycles. The van der Waals surface area contributed by atoms with E-state index >= 15 is 0 Å². The number of urea groups is 1. The lowest BCUT2D eigenvalue weighted by Crippen LogP contribution is -2.32. The van der Waals surface area contributed by atoms with Gasteiger partial charge in [0.2, 0.25) is 0 Å². The molecule has 24 heavy (non-hydrogen) atoms. The molecule has 2 aromatic rings. The summed E-state index contributed by atoms with van der Waals surface area (Å²) in [5.74, 6) is 1.36. The highest BCUT2D eigenvalue weighted by Gasteiger charge is 2.22. The van der Waals surface area contributed by atoms with E-state index in [-0.39, 0.29) is 6.03 Å². The van der Waals surface area contributed by atoms with E-state index < -0.39 is 0 Å². The molecule has 3 rings (SSSR count). The Morgan fingerprint density at radius 1 is 1.21 bits per heavy atom. The van der Waals surface area contributed by atoms with Gasteiger partial charge in [-0.1, -0.05) is 35.5 Å². The van der Waals surface area contributed by atoms with Crippen molar-refractivity contribution in [1.82, 2.24) is 25.6 Å². The maximum absolute atomic E-state index is 11.2. The summed E-state index contributed by atoms with van der Waals surface area (Å²) in [7, 11) is 1.60. The van der Waals surface area contributed by atoms with Crippen molar-refractivity contribution in [2.75, 3.05) is 7.05 Å². The molecule has 6 nitrogen and oxygen atoms in total. The molecule has 0 saturated heterocycles. The Morgan fingerprint density at radius 2 is 1.96 bits per heavy atom. The van der Waals surface area contributed by atoms with Crippen molar-refractivity contribution < 1.29 is 4.79 Å². The predicted molar refractivity (Wildman–Crippen MR) is 92.5 cm³/mol. The molecule has 0 spiro atoms. The number of aromatic nitrogens is 3. The maximum Gasteiger partial charge on any atom is 0.314 e. The highest BCUT2D eigenvalue weighted by atomic mass is 16.2. The molecule has 0 aliphatic heterocycles. The number of hydrogen-bond donors (Lipinski definition) is 2. The van der Waals surface area contributed by atoms with Crippen LogP contribution in [0.25, 0.3) is 0 Å². The minimum Gasteiger partial charge on any atom is -0.341 e. The Morgan fingerprint density at radius 3 is 2.67 bits per heavy atom. The maximum atomic E-state index is 11.2. The van der Waals surface area contributed by atoms with Gasteiger partial charge < -0.3 is 10.6 Å². The summed E-state index contributed by atoms with van der Waals surface area (Å²) in [6.07, 6.45) is 6.87. The third-order valence-electron chi connectivity index (χ3n) is 4.81. The van der Waals surface area contributed by atoms with E-state index in [4.69, 9.17) is 0 Å². The lowest BCUT2D eigenvalue weighted by Gasteiger charge is -2.28. The number of nitrogens with one attached hydrogen (secondary N) is 2. The third kappa shape index (κ3) is 4.34. The van der Waals surface area contributed by atoms with Crippen LogP contribution >= 0.6 is 0 Å². The fourth-order valence-electron chi connectivity index (χ4n) is 3.44. The van der Waals surface area contributed by atoms with Crippen molar-refractivity contribution >= 4 is 6.03 Å². The highest BCUT2D eigenvalue weighted by molar-refractivity contribution is 5.73. The van der Waals surface area contributed by atoms with Crippen LogP contribution in [0.2, 0.25) is 0 Å². The first kappa shape index (κ1) is 16.5. The minimum absolute atomic E-state index is 0.205. The number of hydrogen-bond acceptors (Lipinski definition) is 3. The first-order valence-electron chi connectivity index (χ1n) is 8.64. The van der Waals surface area contributed by atoms with E-state index in [1.165, 1.54) is 31.2 Å². The zero-order chi connectivity index (χ0) is 16.8. The molecule has 128 valence electrons. The van der Waals surface area contributed by atoms with Crippen molar-refractivity contribution in [2.24, 2.45) is 5.92 Å². The number of carbonyl (C=O) groups is 1. The van der Waals surface area contributed by atoms with Gasteiger partial charge in [-0.05, 0) is 43.1 Å². The Kier molecular flexibility index (Phi) is 5.46. The Hall–Kier alpha value is -2.37. The highest BCUT2D eigenvalue weighted by Crippen LogP contribution is 2.36. The fraction of sp³-hybridized carbons (Fsp3) is 0.500. The van der Waals surface area contributed by atoms with Gasteiger partial charge in [-0.2, -0.15) is 0 Å². The molecule has 1 aromatic carbocycles. The number of benzene rings is 1. The van der Waals surface area contributed by atoms with Crippen LogP contribution in [0.4, 0.5) is 4.79 Å². The molecule has 6 heteroatoms. The van der Waals surface area contributed by atoms with Crippen molar-refractivity contribution in [3.05, 3.63) is 47.8 Å². The molecule has 0 radical (unpaired) electrons. The van der Waals surface area contributed by atoms with Crippen LogP contribution in [0, 0.1) is 5.92 Å². The summed E-state index contributed by atoms with van der Waals surface area (Å²) in [4.78, 5) is 11.2. The van der Waals surface area contributed by atoms with Crippen LogP contribution in [0.3, 0.4) is 0 Å². The lowest BCUT2D eigenvalue weighted by molar-refractivity contribution is 0.242. The molecular formula is C18H25N5O. The molecule has 0 bridgehead atoms. The fourth-order valence-corrected chi connectivity index (χ4v) is 3.44. The molecule has 2 amide bonds. The van der Waals surface area contributed by atoms with Gasteiger partial charge >= 0.3 is 6.03 Å². The quantitative estimate of drug-likeness (QED) is 0.887. The van der Waals surface area contributed by atoms with Gasteiger partial charge in [0.25, 0.3) is 0 Å². The monoisotopic (exact) mass is 327 g/mol. The van der Waals surface area contributed by atoms with Crippen LogP contribution < -0.4 is 10.6 Å². The van der Waals surface area contributed by atoms with Gasteiger partial charge in [-0.25, -0.2) is 4.79 Å². The summed E-state index contributed by atoms with van der Waals surface area (Å²) in [6.45, 7) is 1.31. The SMILES string of the molecule is CNC(=O)NCc1cn(CC2CCC(c3ccccc3)CC2)nn1. The molecular weight excluding hydrogens is 302 g/mol. The largest absolute Gasteiger partial charge is 0.341 e. The Balaban J connectivity index is 1.46. The molecule has 2 N–H and O–H groups in total. The van der Waals surface area contributed by atoms with Crippen molar-refractivity contribution in [2.45, 2.75) is 44.7 Å². The van der Waals surface area contributed by atoms with Gasteiger partial charge in [0.15, 0.2) is 0 Å². The Labute approximate surface area is 142 Å². The summed E-state index contributed by atoms with van der Waals surface area (Å²) in [5.41, 5.74) is 2.26. The van der Waals surface area contributed by atoms with Crippen LogP contribution in [-0.4, -0.2) is 28.1 Å². The number of amides is 2. The summed E-state index contributed by atoms with van der Waals surface area (Å²) >= 11 is 0. The van der Waals surface area contributed by atoms with Crippen molar-refractivity contribution in [3.8, 4) is 0 Å². The summed E-state index contributed by atoms with van der Waals surface area (Å²) in [6, 6.07) is 10.6. The average molecular weight is 327 g/mol. The first-order chi connectivity index (χ1) is 11.7. The normalized spacial score (nSPS) is 20.5. The van der Waals surface area contributed by atoms with E-state index in [1.807, 2.05) is 10.9 Å². The van der Waals surface area contributed by atoms with Crippen LogP contribution in [0.1, 0.15) is 42.9 Å². The molecule has 0 unspecified atom stereocenters. The zero-order valence-electron chi connectivity index (χ0n) is 14.1. The number of rotatable bonds is 5. The zero-order valence-corrected chi connectivity index (χ0v) is 14.1. The molecule has 1 saturated carbocycles. The Bertz CT molecular complexity index is 646. The van der Waals surface area contributed by atoms with Gasteiger partial charge in [0.1, 0.15) is 5.69 Å². The molecule has 1 aromatic heterocycles. The topological polar surface area (TPSA) is 71.8 Å². The minimum atomic E-state index is -0.205. The molecule has 1 aliphatic carbocycles. The second kappa shape index (κ2) is 7.95. The number of nitrogens with zero attached hydrogens (tertiary/aromatic N) is 3. The molecule has 1 fully saturated rings. The second-order valence-corrected chi connectivity index (χ2v) is 6.49. The van der Waals surface area contributed by atoms with Crippen molar-refractivity contribution in [1.29, 1.82) is 0 Å². The van der Waals surface area contributed by atoms with Gasteiger partial charge in [-0.15, -0.1) is 5.10 Å². The van der Waals surface area contributed by atoms with Gasteiger partial charge in [0.05, 0.1) is 12.7 Å². The van der Waals surface area contributed by atoms with Crippen LogP contribution in [0.15, 0.2) is 36.5 Å². The first-order valence-corrected chi connectivity index (χ1v) is 8.64. The lowest BCUT2D eigenvalue weighted by atomic mass is 9.79. The van der Waals surface area contributed by atoms with E-state index in [9.17, 15) is 4.79 Å². The summed E-state index contributed by atoms with van der Waals surface area (Å²) in [5, 5.41) is 13.6. The van der Waals surface area contributed by atoms with E-state index in [2.05, 4.69) is 51.3 Å². The van der Waals surface area contributed by atoms with E-state index in [0.29, 0.717) is 18.4 Å². The van der Waals surface area contributed by atoms with Crippen molar-refractivity contribution in [3.63, 3.8) is 0 Å². The van der Waals surface area contributed by atoms with Crippen LogP contribution in [-0.2, 0) is 13.1 Å². The van der Waals surface area contributed by atoms with Crippen LogP contribution in [0.5, 0.6) is 0 Å². The predicted octanol–water partition coefficient (Wildman–Crippen LogP) is 2.68. The third-order valence-corrected chi connectivity index (χ3v) is 4.81. The standard InChI is InChI=1S/C18H25N5O/c1-19-18(24)20-11-17-13-23(22-21-17)12-14-7-9-16(10-8-14)15-5-3-2-4-6-15/h2-6,13-14,16H,7-12H2,1H3,(H2,19,20,24). The smallest absolute Gasteiger partial charge is 0.314 e. The second-order valence-electron chi connectivity index (χ2n) is 6.49. The average Bonchev–Trinajstić information content (AvgIpc) is 3.08. The molecule has 0 atom stereocenters. The number of carbonyl (C=O) groups excluding carboxylic acids is 1. The van der Waals surface area contributed by atoms with Gasteiger partial charge in [0, 0.05) is 13.6 Å². The molecule has 1 aliphatic rings.